The number of hydrogen-bond donors (Lipinski definition) is 1. The van der Waals surface area contributed by atoms with Crippen molar-refractivity contribution in [3.8, 4) is 5.75 Å². The highest BCUT2D eigenvalue weighted by Crippen LogP contribution is 2.53. The van der Waals surface area contributed by atoms with Gasteiger partial charge in [0.15, 0.2) is 0 Å². The van der Waals surface area contributed by atoms with Crippen LogP contribution in [0.25, 0.3) is 0 Å². The maximum absolute atomic E-state index is 12.5. The molecule has 0 aliphatic heterocycles. The Hall–Kier alpha value is -1.07. The third-order valence-electron chi connectivity index (χ3n) is 4.27. The number of carbonyl (C=O) groups excluding carboxylic acids is 1. The third kappa shape index (κ3) is 7.67. The number of hydroxylamine groups is 1. The summed E-state index contributed by atoms with van der Waals surface area (Å²) < 4.78 is 22.5. The average molecular weight is 404 g/mol. The number of nitrogens with one attached hydrogen (secondary N) is 1. The van der Waals surface area contributed by atoms with Crippen LogP contribution in [-0.4, -0.2) is 18.6 Å². The molecule has 0 heterocycles. The fourth-order valence-corrected chi connectivity index (χ4v) is 4.20. The molecule has 1 aromatic rings. The molecule has 0 bridgehead atoms. The number of para-hydroxylation sites is 1. The first kappa shape index (κ1) is 21.2. The van der Waals surface area contributed by atoms with Gasteiger partial charge in [-0.3, -0.25) is 0 Å². The van der Waals surface area contributed by atoms with Crippen LogP contribution in [0.3, 0.4) is 0 Å². The third-order valence-corrected chi connectivity index (χ3v) is 5.51. The highest BCUT2D eigenvalue weighted by molar-refractivity contribution is 7.82. The van der Waals surface area contributed by atoms with Crippen LogP contribution in [0, 0.1) is 5.92 Å². The van der Waals surface area contributed by atoms with Crippen molar-refractivity contribution < 1.29 is 23.2 Å². The van der Waals surface area contributed by atoms with Gasteiger partial charge in [0.05, 0.1) is 6.61 Å². The molecule has 146 valence electrons. The summed E-state index contributed by atoms with van der Waals surface area (Å²) in [6, 6.07) is 7.65. The van der Waals surface area contributed by atoms with Gasteiger partial charge in [-0.1, -0.05) is 57.2 Å². The summed E-state index contributed by atoms with van der Waals surface area (Å²) in [6.45, 7) is -1.65. The molecule has 0 amide bonds. The summed E-state index contributed by atoms with van der Waals surface area (Å²) in [7, 11) is 0. The molecule has 1 fully saturated rings. The van der Waals surface area contributed by atoms with E-state index in [2.05, 4.69) is 5.48 Å². The van der Waals surface area contributed by atoms with Gasteiger partial charge in [-0.15, -0.1) is 0 Å². The maximum atomic E-state index is 12.5. The topological polar surface area (TPSA) is 73.9 Å². The molecular weight excluding hydrogens is 377 g/mol. The Bertz CT molecular complexity index is 595. The van der Waals surface area contributed by atoms with Crippen LogP contribution in [-0.2, 0) is 18.7 Å². The van der Waals surface area contributed by atoms with E-state index in [1.807, 2.05) is 6.92 Å². The fourth-order valence-electron chi connectivity index (χ4n) is 3.01. The van der Waals surface area contributed by atoms with Crippen LogP contribution < -0.4 is 10.0 Å². The molecular formula is C18H27ClNO5P. The Morgan fingerprint density at radius 3 is 2.62 bits per heavy atom. The lowest BCUT2D eigenvalue weighted by Gasteiger charge is -2.26. The van der Waals surface area contributed by atoms with Crippen molar-refractivity contribution in [3.05, 3.63) is 30.3 Å². The minimum absolute atomic E-state index is 0.276. The molecule has 0 radical (unpaired) electrons. The predicted octanol–water partition coefficient (Wildman–Crippen LogP) is 5.23. The number of benzene rings is 1. The molecule has 0 aromatic heterocycles. The zero-order chi connectivity index (χ0) is 18.8. The molecule has 1 saturated carbocycles. The molecule has 1 unspecified atom stereocenters. The normalized spacial score (nSPS) is 18.7. The van der Waals surface area contributed by atoms with Crippen LogP contribution in [0.5, 0.6) is 5.75 Å². The van der Waals surface area contributed by atoms with Gasteiger partial charge in [0.25, 0.3) is 0 Å². The van der Waals surface area contributed by atoms with Gasteiger partial charge in [0.1, 0.15) is 11.8 Å². The summed E-state index contributed by atoms with van der Waals surface area (Å²) in [5.74, 6) is -0.0395. The number of rotatable bonds is 10. The van der Waals surface area contributed by atoms with Gasteiger partial charge in [-0.25, -0.2) is 9.36 Å². The first-order valence-corrected chi connectivity index (χ1v) is 11.6. The van der Waals surface area contributed by atoms with Gasteiger partial charge in [-0.05, 0) is 30.9 Å². The molecule has 2 atom stereocenters. The molecule has 1 aliphatic rings. The van der Waals surface area contributed by atoms with E-state index in [1.54, 1.807) is 30.3 Å². The van der Waals surface area contributed by atoms with Crippen molar-refractivity contribution in [1.82, 2.24) is 5.48 Å². The van der Waals surface area contributed by atoms with Crippen LogP contribution in [0.1, 0.15) is 51.9 Å². The smallest absolute Gasteiger partial charge is 0.405 e. The van der Waals surface area contributed by atoms with Crippen molar-refractivity contribution >= 4 is 24.2 Å². The maximum Gasteiger partial charge on any atom is 0.532 e. The van der Waals surface area contributed by atoms with Crippen molar-refractivity contribution in [2.75, 3.05) is 6.61 Å². The van der Waals surface area contributed by atoms with E-state index in [0.29, 0.717) is 18.9 Å². The van der Waals surface area contributed by atoms with E-state index in [-0.39, 0.29) is 5.75 Å². The Labute approximate surface area is 159 Å². The van der Waals surface area contributed by atoms with Crippen molar-refractivity contribution in [3.63, 3.8) is 0 Å². The second-order valence-electron chi connectivity index (χ2n) is 6.50. The van der Waals surface area contributed by atoms with Crippen molar-refractivity contribution in [2.45, 2.75) is 57.9 Å². The quantitative estimate of drug-likeness (QED) is 0.328. The predicted molar refractivity (Wildman–Crippen MR) is 101 cm³/mol. The van der Waals surface area contributed by atoms with Crippen molar-refractivity contribution in [2.24, 2.45) is 5.92 Å². The lowest BCUT2D eigenvalue weighted by atomic mass is 9.85. The van der Waals surface area contributed by atoms with E-state index in [9.17, 15) is 9.36 Å². The van der Waals surface area contributed by atoms with E-state index in [1.165, 1.54) is 6.42 Å². The summed E-state index contributed by atoms with van der Waals surface area (Å²) >= 11 is 5.84. The molecule has 26 heavy (non-hydrogen) atoms. The van der Waals surface area contributed by atoms with Gasteiger partial charge < -0.3 is 13.9 Å². The van der Waals surface area contributed by atoms with Crippen LogP contribution in [0.2, 0.25) is 0 Å². The second kappa shape index (κ2) is 10.9. The summed E-state index contributed by atoms with van der Waals surface area (Å²) in [5.41, 5.74) is 2.74. The van der Waals surface area contributed by atoms with E-state index < -0.39 is 19.0 Å². The van der Waals surface area contributed by atoms with Gasteiger partial charge in [0, 0.05) is 11.2 Å². The molecule has 1 N–H and O–H groups in total. The first-order chi connectivity index (χ1) is 12.5. The highest BCUT2D eigenvalue weighted by Gasteiger charge is 2.33. The molecule has 6 nitrogen and oxygen atoms in total. The second-order valence-corrected chi connectivity index (χ2v) is 8.97. The monoisotopic (exact) mass is 403 g/mol. The van der Waals surface area contributed by atoms with Gasteiger partial charge in [0.2, 0.25) is 0 Å². The SMILES string of the molecule is CCCON[C@@H](CC1CCCCC1)C(=O)OP(=O)(Cl)Oc1ccccc1. The highest BCUT2D eigenvalue weighted by atomic mass is 35.7. The fraction of sp³-hybridized carbons (Fsp3) is 0.611. The Kier molecular flexibility index (Phi) is 8.93. The zero-order valence-corrected chi connectivity index (χ0v) is 16.7. The number of hydrogen-bond acceptors (Lipinski definition) is 6. The zero-order valence-electron chi connectivity index (χ0n) is 15.1. The minimum Gasteiger partial charge on any atom is -0.405 e. The first-order valence-electron chi connectivity index (χ1n) is 9.15. The standard InChI is InChI=1S/C18H27ClNO5P/c1-2-13-23-20-17(14-15-9-5-3-6-10-15)18(21)25-26(19,22)24-16-11-7-4-8-12-16/h4,7-8,11-12,15,17,20H,2-3,5-6,9-10,13-14H2,1H3/t17-,26?/m0/s1. The van der Waals surface area contributed by atoms with E-state index in [0.717, 1.165) is 32.1 Å². The Morgan fingerprint density at radius 2 is 1.96 bits per heavy atom. The summed E-state index contributed by atoms with van der Waals surface area (Å²) in [5, 5.41) is 0. The molecule has 8 heteroatoms. The lowest BCUT2D eigenvalue weighted by molar-refractivity contribution is -0.142. The summed E-state index contributed by atoms with van der Waals surface area (Å²) in [6.07, 6.45) is 7.05. The van der Waals surface area contributed by atoms with E-state index in [4.69, 9.17) is 25.1 Å². The summed E-state index contributed by atoms with van der Waals surface area (Å²) in [4.78, 5) is 17.8. The molecule has 0 spiro atoms. The van der Waals surface area contributed by atoms with Crippen LogP contribution in [0.15, 0.2) is 30.3 Å². The number of halogens is 1. The molecule has 1 aromatic carbocycles. The Balaban J connectivity index is 1.95. The van der Waals surface area contributed by atoms with Crippen LogP contribution >= 0.6 is 18.2 Å². The lowest BCUT2D eigenvalue weighted by Crippen LogP contribution is -2.39. The number of carbonyl (C=O) groups is 1. The minimum atomic E-state index is -4.09. The van der Waals surface area contributed by atoms with Crippen LogP contribution in [0.4, 0.5) is 0 Å². The van der Waals surface area contributed by atoms with Gasteiger partial charge in [-0.2, -0.15) is 5.48 Å². The Morgan fingerprint density at radius 1 is 1.27 bits per heavy atom. The van der Waals surface area contributed by atoms with Gasteiger partial charge >= 0.3 is 12.9 Å². The average Bonchev–Trinajstić information content (AvgIpc) is 2.62. The van der Waals surface area contributed by atoms with Crippen molar-refractivity contribution in [1.29, 1.82) is 0 Å². The molecule has 2 rings (SSSR count). The van der Waals surface area contributed by atoms with E-state index >= 15 is 0 Å². The largest absolute Gasteiger partial charge is 0.532 e. The molecule has 1 aliphatic carbocycles. The molecule has 0 saturated heterocycles.